The van der Waals surface area contributed by atoms with Crippen molar-refractivity contribution in [3.8, 4) is 5.75 Å². The molecule has 4 saturated heterocycles. The SMILES string of the molecule is CCCC[C@H]1C(=O)N(C)[C@@H](CCCC)C(=O)N[C@@H](C)C(=O)N[C@H](C(=O)NCC(N)=O)CSCC(=O)N[C@@H](Cc2ccc(O)cc2)C(=O)N2CCOC[C@H]2C(=O)N[C@@H](CC(N)=O)C(=O)N2CCC[C@H]2C(=O)N[C@@H](Cc2c[nH]cn2)C(=O)N[C@@H](CC(C)C)C(=O)N2C[C@H](O)C[C@H]2C(=O)N[C@@H](Cc2c[nH]c3ccccc23)C(=O)N[C@@H](CO)C(=O)N[C@@H](Cc2c[nH]c3ccccc23)C(=O)N1C. The fraction of sp³-hybridized carbons (Fsp3) is 0.528. The number of hydrogen-bond donors (Lipinski definition) is 18. The van der Waals surface area contributed by atoms with Crippen LogP contribution in [0.3, 0.4) is 0 Å². The number of thioether (sulfide) groups is 1. The van der Waals surface area contributed by atoms with Crippen molar-refractivity contribution in [3.05, 3.63) is 120 Å². The molecule has 15 atom stereocenters. The molecule has 4 fully saturated rings. The molecule has 43 heteroatoms. The maximum atomic E-state index is 15.6. The number of carbonyl (C=O) groups excluding carboxylic acids is 17. The number of ether oxygens (including phenoxy) is 1. The molecule has 0 spiro atoms. The van der Waals surface area contributed by atoms with Gasteiger partial charge in [-0.1, -0.05) is 102 Å². The number of aromatic amines is 3. The summed E-state index contributed by atoms with van der Waals surface area (Å²) in [6.07, 6.45) is 4.14. The van der Waals surface area contributed by atoms with E-state index in [1.165, 1.54) is 57.8 Å². The van der Waals surface area contributed by atoms with Crippen molar-refractivity contribution < 1.29 is 102 Å². The highest BCUT2D eigenvalue weighted by Gasteiger charge is 2.47. The molecule has 132 heavy (non-hydrogen) atoms. The Morgan fingerprint density at radius 2 is 1.11 bits per heavy atom. The Bertz CT molecular complexity index is 5130. The lowest BCUT2D eigenvalue weighted by molar-refractivity contribution is -0.152. The van der Waals surface area contributed by atoms with Crippen molar-refractivity contribution in [3.63, 3.8) is 0 Å². The number of aliphatic hydroxyl groups is 2. The number of amides is 17. The van der Waals surface area contributed by atoms with Gasteiger partial charge in [0.2, 0.25) is 100 Å². The number of para-hydroxylation sites is 2. The monoisotopic (exact) mass is 1850 g/mol. The zero-order valence-corrected chi connectivity index (χ0v) is 75.7. The molecule has 0 aliphatic carbocycles. The van der Waals surface area contributed by atoms with Crippen molar-refractivity contribution in [1.82, 2.24) is 97.6 Å². The number of hydrogen-bond acceptors (Lipinski definition) is 23. The van der Waals surface area contributed by atoms with Crippen LogP contribution < -0.4 is 64.6 Å². The minimum atomic E-state index is -1.88. The fourth-order valence-corrected chi connectivity index (χ4v) is 17.6. The Morgan fingerprint density at radius 1 is 0.568 bits per heavy atom. The molecule has 10 rings (SSSR count). The lowest BCUT2D eigenvalue weighted by Crippen LogP contribution is -2.63. The molecule has 17 amide bonds. The van der Waals surface area contributed by atoms with Crippen LogP contribution in [0.1, 0.15) is 128 Å². The Hall–Kier alpha value is -13.0. The molecule has 4 aliphatic heterocycles. The largest absolute Gasteiger partial charge is 0.508 e. The summed E-state index contributed by atoms with van der Waals surface area (Å²) in [6.45, 7) is 5.22. The van der Waals surface area contributed by atoms with Crippen LogP contribution in [-0.2, 0) is 112 Å². The molecule has 714 valence electrons. The minimum absolute atomic E-state index is 0.0174. The normalized spacial score (nSPS) is 25.6. The number of imidazole rings is 1. The van der Waals surface area contributed by atoms with Crippen molar-refractivity contribution in [1.29, 1.82) is 0 Å². The topological polar surface area (TPSA) is 609 Å². The van der Waals surface area contributed by atoms with Gasteiger partial charge in [0, 0.05) is 112 Å². The molecule has 20 N–H and O–H groups in total. The number of fused-ring (bicyclic) bond motifs is 5. The van der Waals surface area contributed by atoms with E-state index < -0.39 is 235 Å². The quantitative estimate of drug-likeness (QED) is 0.0327. The highest BCUT2D eigenvalue weighted by molar-refractivity contribution is 8.00. The molecular weight excluding hydrogens is 1730 g/mol. The predicted molar refractivity (Wildman–Crippen MR) is 480 cm³/mol. The number of H-pyrrole nitrogens is 3. The molecule has 3 aromatic heterocycles. The van der Waals surface area contributed by atoms with Gasteiger partial charge in [0.1, 0.15) is 90.3 Å². The molecule has 7 heterocycles. The van der Waals surface area contributed by atoms with Crippen LogP contribution in [0, 0.1) is 5.92 Å². The van der Waals surface area contributed by atoms with E-state index >= 15 is 43.2 Å². The second kappa shape index (κ2) is 47.7. The van der Waals surface area contributed by atoms with Crippen molar-refractivity contribution in [2.24, 2.45) is 17.4 Å². The summed E-state index contributed by atoms with van der Waals surface area (Å²) in [6, 6.07) is -1.92. The second-order valence-electron chi connectivity index (χ2n) is 34.1. The minimum Gasteiger partial charge on any atom is -0.508 e. The van der Waals surface area contributed by atoms with Crippen LogP contribution in [-0.4, -0.2) is 322 Å². The second-order valence-corrected chi connectivity index (χ2v) is 35.2. The van der Waals surface area contributed by atoms with Crippen LogP contribution in [0.5, 0.6) is 5.75 Å². The van der Waals surface area contributed by atoms with E-state index in [-0.39, 0.29) is 101 Å². The van der Waals surface area contributed by atoms with E-state index in [0.29, 0.717) is 64.2 Å². The number of nitrogens with two attached hydrogens (primary N) is 2. The van der Waals surface area contributed by atoms with Gasteiger partial charge in [-0.3, -0.25) is 81.5 Å². The average molecular weight is 1850 g/mol. The van der Waals surface area contributed by atoms with E-state index in [9.17, 15) is 53.7 Å². The third-order valence-electron chi connectivity index (χ3n) is 23.9. The summed E-state index contributed by atoms with van der Waals surface area (Å²) in [5, 5.41) is 60.5. The Kier molecular flexibility index (Phi) is 36.5. The number of nitrogens with zero attached hydrogens (tertiary/aromatic N) is 6. The van der Waals surface area contributed by atoms with Gasteiger partial charge in [-0.25, -0.2) is 4.98 Å². The number of carbonyl (C=O) groups is 17. The number of nitrogens with one attached hydrogen (secondary N) is 13. The third kappa shape index (κ3) is 26.9. The maximum absolute atomic E-state index is 15.6. The first-order chi connectivity index (χ1) is 63.1. The number of phenolic OH excluding ortho intramolecular Hbond substituents is 1. The van der Waals surface area contributed by atoms with Crippen LogP contribution in [0.15, 0.2) is 97.7 Å². The van der Waals surface area contributed by atoms with Gasteiger partial charge in [-0.05, 0) is 85.9 Å². The number of aromatic nitrogens is 4. The first kappa shape index (κ1) is 101. The molecule has 42 nitrogen and oxygen atoms in total. The van der Waals surface area contributed by atoms with Gasteiger partial charge in [0.15, 0.2) is 0 Å². The first-order valence-corrected chi connectivity index (χ1v) is 45.5. The van der Waals surface area contributed by atoms with Crippen LogP contribution >= 0.6 is 11.8 Å². The summed E-state index contributed by atoms with van der Waals surface area (Å²) in [4.78, 5) is 268. The zero-order chi connectivity index (χ0) is 95.7. The average Bonchev–Trinajstić information content (AvgIpc) is 1.50. The molecular formula is C89H121N21O21S. The van der Waals surface area contributed by atoms with Crippen molar-refractivity contribution in [2.45, 2.75) is 222 Å². The highest BCUT2D eigenvalue weighted by Crippen LogP contribution is 2.28. The Labute approximate surface area is 765 Å². The van der Waals surface area contributed by atoms with Gasteiger partial charge < -0.3 is 124 Å². The van der Waals surface area contributed by atoms with Gasteiger partial charge in [-0.15, -0.1) is 11.8 Å². The standard InChI is InChI=1S/C89H121N21O21S/c1-8-10-21-68-81(122)97-49(5)76(117)105-67(77(118)95-41-74(91)115)45-132-46-75(116)98-63(32-50-24-26-54(112)27-25-50)86(127)109-29-30-131-44-72(109)84(125)103-65(37-73(90)114)87(128)108-28-16-23-69(108)82(123)100-61(35-53-40-92-47-96-53)79(120)101-62(31-48(3)4)88(129)110-42-55(113)36-71(110)83(124)99-60(33-51-38-93-58-19-14-12-17-56(51)58)78(119)104-66(43-111)80(121)102-64(34-52-39-94-59-20-15-13-18-57(52)59)85(126)107(7)70(22-11-9-2)89(130)106(68)6/h12-15,17-20,24-27,38-40,47-49,55,60-72,93-94,111-113H,8-11,16,21-23,28-37,41-46H2,1-7H3,(H2,90,114)(H2,91,115)(H,92,96)(H,95,118)(H,97,122)(H,98,116)(H,99,124)(H,100,123)(H,101,120)(H,102,121)(H,103,125)(H,104,119)(H,105,117)/t49-,55+,60-,61-,62-,63-,64-,65-,66-,67-,68-,69-,70-,71-,72-/m0/s1. The number of phenols is 1. The van der Waals surface area contributed by atoms with E-state index in [4.69, 9.17) is 16.2 Å². The number of unbranched alkanes of at least 4 members (excludes halogenated alkanes) is 2. The van der Waals surface area contributed by atoms with E-state index in [1.807, 2.05) is 13.8 Å². The highest BCUT2D eigenvalue weighted by atomic mass is 32.2. The molecule has 4 aliphatic rings. The predicted octanol–water partition coefficient (Wildman–Crippen LogP) is -2.79. The number of morpholine rings is 1. The lowest BCUT2D eigenvalue weighted by Gasteiger charge is -2.38. The summed E-state index contributed by atoms with van der Waals surface area (Å²) >= 11 is 0.784. The van der Waals surface area contributed by atoms with Crippen LogP contribution in [0.25, 0.3) is 21.8 Å². The fourth-order valence-electron chi connectivity index (χ4n) is 16.8. The van der Waals surface area contributed by atoms with Gasteiger partial charge in [-0.2, -0.15) is 0 Å². The van der Waals surface area contributed by atoms with E-state index in [0.717, 1.165) is 36.3 Å². The number of benzene rings is 3. The summed E-state index contributed by atoms with van der Waals surface area (Å²) in [5.74, 6) is -17.3. The summed E-state index contributed by atoms with van der Waals surface area (Å²) in [7, 11) is 2.71. The molecule has 6 aromatic rings. The van der Waals surface area contributed by atoms with Crippen LogP contribution in [0.2, 0.25) is 0 Å². The molecule has 0 bridgehead atoms. The Balaban J connectivity index is 1.00. The van der Waals surface area contributed by atoms with Gasteiger partial charge in [0.25, 0.3) is 0 Å². The number of aliphatic hydroxyl groups excluding tert-OH is 2. The van der Waals surface area contributed by atoms with Crippen molar-refractivity contribution >= 4 is 134 Å². The smallest absolute Gasteiger partial charge is 0.246 e. The molecule has 0 saturated carbocycles. The van der Waals surface area contributed by atoms with Crippen molar-refractivity contribution in [2.75, 3.05) is 71.6 Å². The maximum Gasteiger partial charge on any atom is 0.246 e. The zero-order valence-electron chi connectivity index (χ0n) is 74.9. The molecule has 0 unspecified atom stereocenters. The number of rotatable bonds is 22. The van der Waals surface area contributed by atoms with E-state index in [1.54, 1.807) is 74.8 Å². The summed E-state index contributed by atoms with van der Waals surface area (Å²) < 4.78 is 5.73. The van der Waals surface area contributed by atoms with Gasteiger partial charge in [0.05, 0.1) is 56.7 Å². The summed E-state index contributed by atoms with van der Waals surface area (Å²) in [5.41, 5.74) is 14.1. The Morgan fingerprint density at radius 3 is 1.73 bits per heavy atom. The first-order valence-electron chi connectivity index (χ1n) is 44.4. The third-order valence-corrected chi connectivity index (χ3v) is 24.9. The van der Waals surface area contributed by atoms with Gasteiger partial charge >= 0.3 is 0 Å². The molecule has 3 aromatic carbocycles. The molecule has 0 radical (unpaired) electrons. The van der Waals surface area contributed by atoms with Crippen LogP contribution in [0.4, 0.5) is 0 Å². The number of primary amides is 2. The number of likely N-dealkylation sites (N-methyl/N-ethyl adjacent to an activating group) is 2. The number of aromatic hydroxyl groups is 1. The van der Waals surface area contributed by atoms with E-state index in [2.05, 4.69) is 73.1 Å². The lowest BCUT2D eigenvalue weighted by atomic mass is 10.00.